The van der Waals surface area contributed by atoms with E-state index in [-0.39, 0.29) is 0 Å². The normalized spacial score (nSPS) is 10.1. The third-order valence-corrected chi connectivity index (χ3v) is 3.96. The maximum absolute atomic E-state index is 5.49. The van der Waals surface area contributed by atoms with Crippen LogP contribution in [0.15, 0.2) is 24.3 Å². The molecule has 0 unspecified atom stereocenters. The molecule has 1 heterocycles. The second-order valence-electron chi connectivity index (χ2n) is 3.80. The van der Waals surface area contributed by atoms with Crippen LogP contribution >= 0.6 is 11.3 Å². The summed E-state index contributed by atoms with van der Waals surface area (Å²) in [5.41, 5.74) is 0.992. The molecule has 0 bridgehead atoms. The first kappa shape index (κ1) is 13.5. The van der Waals surface area contributed by atoms with E-state index in [1.54, 1.807) is 32.7 Å². The number of benzene rings is 1. The lowest BCUT2D eigenvalue weighted by Crippen LogP contribution is -1.96. The van der Waals surface area contributed by atoms with E-state index in [4.69, 9.17) is 14.2 Å². The molecule has 1 aromatic carbocycles. The zero-order valence-corrected chi connectivity index (χ0v) is 12.3. The first-order valence-corrected chi connectivity index (χ1v) is 6.63. The maximum Gasteiger partial charge on any atom is 0.203 e. The van der Waals surface area contributed by atoms with E-state index in [9.17, 15) is 0 Å². The lowest BCUT2D eigenvalue weighted by atomic mass is 10.1. The number of anilines is 1. The predicted molar refractivity (Wildman–Crippen MR) is 79.0 cm³/mol. The summed E-state index contributed by atoms with van der Waals surface area (Å²) in [5.74, 6) is 1.96. The van der Waals surface area contributed by atoms with Crippen LogP contribution in [0.1, 0.15) is 0 Å². The first-order valence-electron chi connectivity index (χ1n) is 5.82. The van der Waals surface area contributed by atoms with Crippen molar-refractivity contribution in [2.24, 2.45) is 0 Å². The third kappa shape index (κ3) is 2.46. The second kappa shape index (κ2) is 5.84. The van der Waals surface area contributed by atoms with Gasteiger partial charge in [0.25, 0.3) is 0 Å². The Morgan fingerprint density at radius 2 is 1.63 bits per heavy atom. The molecule has 102 valence electrons. The van der Waals surface area contributed by atoms with Crippen molar-refractivity contribution in [3.05, 3.63) is 24.3 Å². The Morgan fingerprint density at radius 1 is 0.895 bits per heavy atom. The fourth-order valence-electron chi connectivity index (χ4n) is 1.91. The van der Waals surface area contributed by atoms with Crippen molar-refractivity contribution in [2.45, 2.75) is 0 Å². The highest BCUT2D eigenvalue weighted by Crippen LogP contribution is 2.46. The molecule has 1 N–H and O–H groups in total. The van der Waals surface area contributed by atoms with Crippen LogP contribution in [0, 0.1) is 0 Å². The van der Waals surface area contributed by atoms with Gasteiger partial charge in [0, 0.05) is 17.5 Å². The average Bonchev–Trinajstić information content (AvgIpc) is 2.94. The summed E-state index contributed by atoms with van der Waals surface area (Å²) < 4.78 is 16.2. The van der Waals surface area contributed by atoms with Gasteiger partial charge in [0.15, 0.2) is 11.5 Å². The average molecular weight is 279 g/mol. The van der Waals surface area contributed by atoms with E-state index < -0.39 is 0 Å². The molecule has 0 aliphatic heterocycles. The van der Waals surface area contributed by atoms with Gasteiger partial charge in [0.1, 0.15) is 0 Å². The number of nitrogens with one attached hydrogen (secondary N) is 1. The van der Waals surface area contributed by atoms with Gasteiger partial charge in [-0.1, -0.05) is 0 Å². The molecular formula is C14H17NO3S. The molecule has 2 aromatic rings. The van der Waals surface area contributed by atoms with Crippen LogP contribution in [0.25, 0.3) is 10.4 Å². The molecule has 0 aliphatic carbocycles. The highest BCUT2D eigenvalue weighted by atomic mass is 32.1. The molecule has 0 aliphatic rings. The Labute approximate surface area is 116 Å². The van der Waals surface area contributed by atoms with Gasteiger partial charge in [-0.25, -0.2) is 0 Å². The molecule has 0 spiro atoms. The van der Waals surface area contributed by atoms with Gasteiger partial charge >= 0.3 is 0 Å². The van der Waals surface area contributed by atoms with Crippen molar-refractivity contribution < 1.29 is 14.2 Å². The topological polar surface area (TPSA) is 39.7 Å². The summed E-state index contributed by atoms with van der Waals surface area (Å²) in [5, 5.41) is 4.23. The summed E-state index contributed by atoms with van der Waals surface area (Å²) in [4.78, 5) is 1.11. The minimum Gasteiger partial charge on any atom is -0.493 e. The fraction of sp³-hybridized carbons (Fsp3) is 0.286. The van der Waals surface area contributed by atoms with Crippen LogP contribution in [0.2, 0.25) is 0 Å². The van der Waals surface area contributed by atoms with Crippen LogP contribution in [0.4, 0.5) is 5.00 Å². The second-order valence-corrected chi connectivity index (χ2v) is 4.88. The SMILES string of the molecule is CNc1ccc(-c2ccc(OC)c(OC)c2OC)s1. The molecule has 0 amide bonds. The molecule has 4 nitrogen and oxygen atoms in total. The quantitative estimate of drug-likeness (QED) is 0.909. The largest absolute Gasteiger partial charge is 0.493 e. The van der Waals surface area contributed by atoms with Gasteiger partial charge in [0.2, 0.25) is 5.75 Å². The van der Waals surface area contributed by atoms with E-state index in [2.05, 4.69) is 11.4 Å². The van der Waals surface area contributed by atoms with Crippen LogP contribution in [-0.2, 0) is 0 Å². The Bertz CT molecular complexity index is 566. The van der Waals surface area contributed by atoms with Crippen LogP contribution in [0.5, 0.6) is 17.2 Å². The smallest absolute Gasteiger partial charge is 0.203 e. The highest BCUT2D eigenvalue weighted by Gasteiger charge is 2.17. The zero-order chi connectivity index (χ0) is 13.8. The number of methoxy groups -OCH3 is 3. The van der Waals surface area contributed by atoms with Crippen molar-refractivity contribution in [3.8, 4) is 27.7 Å². The summed E-state index contributed by atoms with van der Waals surface area (Å²) in [6.07, 6.45) is 0. The van der Waals surface area contributed by atoms with E-state index >= 15 is 0 Å². The minimum atomic E-state index is 0.613. The monoisotopic (exact) mass is 279 g/mol. The molecule has 0 saturated heterocycles. The molecule has 0 fully saturated rings. The predicted octanol–water partition coefficient (Wildman–Crippen LogP) is 3.48. The fourth-order valence-corrected chi connectivity index (χ4v) is 2.79. The molecule has 19 heavy (non-hydrogen) atoms. The molecule has 0 radical (unpaired) electrons. The highest BCUT2D eigenvalue weighted by molar-refractivity contribution is 7.19. The first-order chi connectivity index (χ1) is 9.24. The van der Waals surface area contributed by atoms with Gasteiger partial charge in [-0.15, -0.1) is 11.3 Å². The summed E-state index contributed by atoms with van der Waals surface area (Å²) in [7, 11) is 6.76. The van der Waals surface area contributed by atoms with Gasteiger partial charge in [-0.2, -0.15) is 0 Å². The molecule has 0 atom stereocenters. The van der Waals surface area contributed by atoms with Crippen molar-refractivity contribution in [1.29, 1.82) is 0 Å². The molecular weight excluding hydrogens is 262 g/mol. The number of hydrogen-bond acceptors (Lipinski definition) is 5. The number of rotatable bonds is 5. The third-order valence-electron chi connectivity index (χ3n) is 2.82. The zero-order valence-electron chi connectivity index (χ0n) is 11.4. The summed E-state index contributed by atoms with van der Waals surface area (Å²) >= 11 is 1.66. The standard InChI is InChI=1S/C14H17NO3S/c1-15-12-8-7-11(19-12)9-5-6-10(16-2)14(18-4)13(9)17-3/h5-8,15H,1-4H3. The van der Waals surface area contributed by atoms with Crippen molar-refractivity contribution >= 4 is 16.3 Å². The number of thiophene rings is 1. The van der Waals surface area contributed by atoms with Gasteiger partial charge in [-0.3, -0.25) is 0 Å². The van der Waals surface area contributed by atoms with Crippen LogP contribution in [-0.4, -0.2) is 28.4 Å². The summed E-state index contributed by atoms with van der Waals surface area (Å²) in [6, 6.07) is 7.96. The van der Waals surface area contributed by atoms with Crippen LogP contribution < -0.4 is 19.5 Å². The van der Waals surface area contributed by atoms with Crippen LogP contribution in [0.3, 0.4) is 0 Å². The molecule has 0 saturated carbocycles. The molecule has 2 rings (SSSR count). The minimum absolute atomic E-state index is 0.613. The van der Waals surface area contributed by atoms with Crippen molar-refractivity contribution in [3.63, 3.8) is 0 Å². The van der Waals surface area contributed by atoms with Gasteiger partial charge in [0.05, 0.1) is 26.3 Å². The lowest BCUT2D eigenvalue weighted by Gasteiger charge is -2.14. The van der Waals surface area contributed by atoms with Gasteiger partial charge in [-0.05, 0) is 24.3 Å². The number of ether oxygens (including phenoxy) is 3. The molecule has 1 aromatic heterocycles. The van der Waals surface area contributed by atoms with Crippen molar-refractivity contribution in [1.82, 2.24) is 0 Å². The lowest BCUT2D eigenvalue weighted by molar-refractivity contribution is 0.325. The Kier molecular flexibility index (Phi) is 4.16. The van der Waals surface area contributed by atoms with E-state index in [1.807, 2.05) is 25.2 Å². The Balaban J connectivity index is 2.56. The van der Waals surface area contributed by atoms with Crippen molar-refractivity contribution in [2.75, 3.05) is 33.7 Å². The van der Waals surface area contributed by atoms with E-state index in [1.165, 1.54) is 0 Å². The maximum atomic E-state index is 5.49. The van der Waals surface area contributed by atoms with E-state index in [0.717, 1.165) is 15.4 Å². The van der Waals surface area contributed by atoms with Gasteiger partial charge < -0.3 is 19.5 Å². The van der Waals surface area contributed by atoms with E-state index in [0.29, 0.717) is 17.2 Å². The molecule has 5 heteroatoms. The Morgan fingerprint density at radius 3 is 2.16 bits per heavy atom. The Hall–Kier alpha value is -1.88. The summed E-state index contributed by atoms with van der Waals surface area (Å²) in [6.45, 7) is 0. The number of hydrogen-bond donors (Lipinski definition) is 1.